The lowest BCUT2D eigenvalue weighted by Crippen LogP contribution is -2.44. The highest BCUT2D eigenvalue weighted by molar-refractivity contribution is 5.79. The number of aliphatic hydroxyl groups is 1. The standard InChI is InChI=1S/C19H23F4N3O2/c1-4-24-17(26-11-18(3,27)16-8-5-12(2)28-16)25-10-13-6-7-14(20)9-15(13)19(21,22)23/h5-9,27H,4,10-11H2,1-3H3,(H2,24,25,26). The maximum Gasteiger partial charge on any atom is 0.416 e. The zero-order valence-corrected chi connectivity index (χ0v) is 15.8. The third kappa shape index (κ3) is 5.72. The molecule has 0 fully saturated rings. The normalized spacial score (nSPS) is 14.6. The minimum absolute atomic E-state index is 0.0152. The Morgan fingerprint density at radius 3 is 2.46 bits per heavy atom. The summed E-state index contributed by atoms with van der Waals surface area (Å²) in [6, 6.07) is 5.85. The molecule has 1 atom stereocenters. The van der Waals surface area contributed by atoms with Crippen LogP contribution in [0, 0.1) is 12.7 Å². The van der Waals surface area contributed by atoms with Gasteiger partial charge in [0, 0.05) is 6.54 Å². The van der Waals surface area contributed by atoms with Gasteiger partial charge in [-0.3, -0.25) is 0 Å². The van der Waals surface area contributed by atoms with E-state index in [4.69, 9.17) is 4.42 Å². The van der Waals surface area contributed by atoms with Crippen molar-refractivity contribution in [2.45, 2.75) is 39.1 Å². The quantitative estimate of drug-likeness (QED) is 0.392. The number of halogens is 4. The Kier molecular flexibility index (Phi) is 6.71. The molecule has 1 unspecified atom stereocenters. The Balaban J connectivity index is 2.15. The van der Waals surface area contributed by atoms with E-state index in [9.17, 15) is 22.7 Å². The van der Waals surface area contributed by atoms with E-state index >= 15 is 0 Å². The molecule has 0 aliphatic heterocycles. The maximum atomic E-state index is 13.2. The van der Waals surface area contributed by atoms with Crippen LogP contribution in [0.1, 0.15) is 36.5 Å². The van der Waals surface area contributed by atoms with Crippen molar-refractivity contribution in [3.8, 4) is 0 Å². The van der Waals surface area contributed by atoms with Crippen molar-refractivity contribution in [2.75, 3.05) is 13.1 Å². The first-order valence-corrected chi connectivity index (χ1v) is 8.70. The third-order valence-electron chi connectivity index (χ3n) is 4.00. The van der Waals surface area contributed by atoms with Gasteiger partial charge in [0.25, 0.3) is 0 Å². The smallest absolute Gasteiger partial charge is 0.416 e. The van der Waals surface area contributed by atoms with Crippen molar-refractivity contribution in [1.82, 2.24) is 10.6 Å². The second kappa shape index (κ2) is 8.64. The van der Waals surface area contributed by atoms with Crippen LogP contribution in [0.25, 0.3) is 0 Å². The Bertz CT molecular complexity index is 829. The molecule has 9 heteroatoms. The fourth-order valence-corrected chi connectivity index (χ4v) is 2.52. The highest BCUT2D eigenvalue weighted by Gasteiger charge is 2.33. The summed E-state index contributed by atoms with van der Waals surface area (Å²) in [5.74, 6) is 0.247. The SMILES string of the molecule is CCNC(=NCc1ccc(F)cc1C(F)(F)F)NCC(C)(O)c1ccc(C)o1. The Morgan fingerprint density at radius 1 is 1.18 bits per heavy atom. The van der Waals surface area contributed by atoms with Crippen molar-refractivity contribution in [2.24, 2.45) is 4.99 Å². The lowest BCUT2D eigenvalue weighted by molar-refractivity contribution is -0.138. The molecule has 0 aliphatic carbocycles. The molecule has 2 aromatic rings. The van der Waals surface area contributed by atoms with Crippen LogP contribution in [0.15, 0.2) is 39.7 Å². The second-order valence-electron chi connectivity index (χ2n) is 6.53. The van der Waals surface area contributed by atoms with Crippen LogP contribution >= 0.6 is 0 Å². The number of hydrogen-bond donors (Lipinski definition) is 3. The Morgan fingerprint density at radius 2 is 1.89 bits per heavy atom. The number of furan rings is 1. The lowest BCUT2D eigenvalue weighted by atomic mass is 10.0. The van der Waals surface area contributed by atoms with Gasteiger partial charge in [0.05, 0.1) is 18.7 Å². The fraction of sp³-hybridized carbons (Fsp3) is 0.421. The number of benzene rings is 1. The molecule has 0 saturated heterocycles. The van der Waals surface area contributed by atoms with Gasteiger partial charge in [0.1, 0.15) is 22.9 Å². The molecule has 0 saturated carbocycles. The van der Waals surface area contributed by atoms with Crippen LogP contribution in [0.5, 0.6) is 0 Å². The molecule has 0 bridgehead atoms. The second-order valence-corrected chi connectivity index (χ2v) is 6.53. The van der Waals surface area contributed by atoms with Gasteiger partial charge in [-0.05, 0) is 50.6 Å². The molecule has 2 rings (SSSR count). The molecule has 5 nitrogen and oxygen atoms in total. The van der Waals surface area contributed by atoms with E-state index in [2.05, 4.69) is 15.6 Å². The maximum absolute atomic E-state index is 13.2. The summed E-state index contributed by atoms with van der Waals surface area (Å²) >= 11 is 0. The number of aliphatic imine (C=N–C) groups is 1. The molecule has 1 aromatic heterocycles. The van der Waals surface area contributed by atoms with Gasteiger partial charge in [0.2, 0.25) is 0 Å². The summed E-state index contributed by atoms with van der Waals surface area (Å²) in [4.78, 5) is 4.12. The Hall–Kier alpha value is -2.55. The van der Waals surface area contributed by atoms with Crippen molar-refractivity contribution >= 4 is 5.96 Å². The van der Waals surface area contributed by atoms with Crippen molar-refractivity contribution < 1.29 is 27.1 Å². The first-order chi connectivity index (χ1) is 13.0. The molecule has 0 amide bonds. The highest BCUT2D eigenvalue weighted by atomic mass is 19.4. The summed E-state index contributed by atoms with van der Waals surface area (Å²) in [6.07, 6.45) is -4.68. The number of guanidine groups is 1. The molecule has 3 N–H and O–H groups in total. The number of alkyl halides is 3. The van der Waals surface area contributed by atoms with Crippen LogP contribution in [0.4, 0.5) is 17.6 Å². The minimum Gasteiger partial charge on any atom is -0.463 e. The molecule has 0 radical (unpaired) electrons. The lowest BCUT2D eigenvalue weighted by Gasteiger charge is -2.23. The van der Waals surface area contributed by atoms with Gasteiger partial charge in [0.15, 0.2) is 5.96 Å². The highest BCUT2D eigenvalue weighted by Crippen LogP contribution is 2.32. The predicted molar refractivity (Wildman–Crippen MR) is 97.2 cm³/mol. The molecule has 0 spiro atoms. The number of hydrogen-bond acceptors (Lipinski definition) is 3. The number of rotatable bonds is 6. The number of nitrogens with one attached hydrogen (secondary N) is 2. The molecule has 0 aliphatic rings. The molecular formula is C19H23F4N3O2. The minimum atomic E-state index is -4.68. The van der Waals surface area contributed by atoms with Crippen LogP contribution < -0.4 is 10.6 Å². The monoisotopic (exact) mass is 401 g/mol. The van der Waals surface area contributed by atoms with Crippen LogP contribution in [0.2, 0.25) is 0 Å². The molecule has 28 heavy (non-hydrogen) atoms. The molecule has 154 valence electrons. The van der Waals surface area contributed by atoms with Gasteiger partial charge in [-0.15, -0.1) is 0 Å². The van der Waals surface area contributed by atoms with Crippen molar-refractivity contribution in [3.05, 3.63) is 58.8 Å². The van der Waals surface area contributed by atoms with Crippen LogP contribution in [-0.4, -0.2) is 24.2 Å². The van der Waals surface area contributed by atoms with E-state index < -0.39 is 23.2 Å². The largest absolute Gasteiger partial charge is 0.463 e. The number of aryl methyl sites for hydroxylation is 1. The number of nitrogens with zero attached hydrogens (tertiary/aromatic N) is 1. The van der Waals surface area contributed by atoms with E-state index in [0.29, 0.717) is 24.1 Å². The summed E-state index contributed by atoms with van der Waals surface area (Å²) in [5, 5.41) is 16.3. The zero-order valence-electron chi connectivity index (χ0n) is 15.8. The van der Waals surface area contributed by atoms with Crippen LogP contribution in [-0.2, 0) is 18.3 Å². The van der Waals surface area contributed by atoms with Gasteiger partial charge in [-0.1, -0.05) is 6.07 Å². The average Bonchev–Trinajstić information content (AvgIpc) is 3.05. The fourth-order valence-electron chi connectivity index (χ4n) is 2.52. The first kappa shape index (κ1) is 21.7. The summed E-state index contributed by atoms with van der Waals surface area (Å²) in [7, 11) is 0. The van der Waals surface area contributed by atoms with E-state index in [-0.39, 0.29) is 24.6 Å². The van der Waals surface area contributed by atoms with Gasteiger partial charge in [-0.25, -0.2) is 9.38 Å². The van der Waals surface area contributed by atoms with Crippen molar-refractivity contribution in [1.29, 1.82) is 0 Å². The van der Waals surface area contributed by atoms with Crippen LogP contribution in [0.3, 0.4) is 0 Å². The van der Waals surface area contributed by atoms with Gasteiger partial charge in [-0.2, -0.15) is 13.2 Å². The van der Waals surface area contributed by atoms with Crippen molar-refractivity contribution in [3.63, 3.8) is 0 Å². The average molecular weight is 401 g/mol. The van der Waals surface area contributed by atoms with Gasteiger partial charge >= 0.3 is 6.18 Å². The third-order valence-corrected chi connectivity index (χ3v) is 4.00. The molecule has 1 aromatic carbocycles. The molecular weight excluding hydrogens is 378 g/mol. The summed E-state index contributed by atoms with van der Waals surface area (Å²) in [6.45, 7) is 5.25. The van der Waals surface area contributed by atoms with E-state index in [1.165, 1.54) is 0 Å². The summed E-state index contributed by atoms with van der Waals surface area (Å²) in [5.41, 5.74) is -2.57. The van der Waals surface area contributed by atoms with Gasteiger partial charge < -0.3 is 20.2 Å². The Labute approximate surface area is 160 Å². The van der Waals surface area contributed by atoms with E-state index in [1.54, 1.807) is 32.9 Å². The predicted octanol–water partition coefficient (Wildman–Crippen LogP) is 3.71. The first-order valence-electron chi connectivity index (χ1n) is 8.70. The zero-order chi connectivity index (χ0) is 20.9. The van der Waals surface area contributed by atoms with E-state index in [1.807, 2.05) is 0 Å². The summed E-state index contributed by atoms with van der Waals surface area (Å²) < 4.78 is 58.0. The molecule has 1 heterocycles. The van der Waals surface area contributed by atoms with E-state index in [0.717, 1.165) is 12.1 Å². The topological polar surface area (TPSA) is 69.8 Å².